The lowest BCUT2D eigenvalue weighted by molar-refractivity contribution is -0.116. The molecular weight excluding hydrogens is 673 g/mol. The van der Waals surface area contributed by atoms with Crippen LogP contribution in [0.2, 0.25) is 0 Å². The number of aryl methyl sites for hydroxylation is 1. The second-order valence-corrected chi connectivity index (χ2v) is 14.2. The summed E-state index contributed by atoms with van der Waals surface area (Å²) in [5, 5.41) is 13.9. The van der Waals surface area contributed by atoms with Crippen LogP contribution in [0.25, 0.3) is 0 Å². The summed E-state index contributed by atoms with van der Waals surface area (Å²) in [6, 6.07) is 16.5. The first-order chi connectivity index (χ1) is 25.5. The first kappa shape index (κ1) is 54.1. The zero-order valence-electron chi connectivity index (χ0n) is 35.0. The zero-order valence-corrected chi connectivity index (χ0v) is 35.8. The molecule has 7 heteroatoms. The summed E-state index contributed by atoms with van der Waals surface area (Å²) in [5.74, 6) is 3.96. The van der Waals surface area contributed by atoms with Crippen molar-refractivity contribution >= 4 is 28.0 Å². The highest BCUT2D eigenvalue weighted by Gasteiger charge is 2.14. The molecule has 0 heterocycles. The molecule has 0 spiro atoms. The van der Waals surface area contributed by atoms with Gasteiger partial charge in [0.2, 0.25) is 0 Å². The summed E-state index contributed by atoms with van der Waals surface area (Å²) in [6.07, 6.45) is 26.9. The molecule has 0 radical (unpaired) electrons. The minimum Gasteiger partial charge on any atom is -0.509 e. The van der Waals surface area contributed by atoms with E-state index in [0.717, 1.165) is 25.0 Å². The van der Waals surface area contributed by atoms with E-state index < -0.39 is 16.7 Å². The number of benzene rings is 2. The Morgan fingerprint density at radius 1 is 0.868 bits per heavy atom. The lowest BCUT2D eigenvalue weighted by Gasteiger charge is -2.11. The Kier molecular flexibility index (Phi) is 40.8. The summed E-state index contributed by atoms with van der Waals surface area (Å²) >= 11 is 0. The van der Waals surface area contributed by atoms with Gasteiger partial charge in [-0.25, -0.2) is 0 Å². The number of hydrogen-bond acceptors (Lipinski definition) is 6. The molecule has 2 atom stereocenters. The number of rotatable bonds is 22. The minimum absolute atomic E-state index is 0.0153. The van der Waals surface area contributed by atoms with Crippen LogP contribution in [0.1, 0.15) is 154 Å². The maximum atomic E-state index is 11.3. The van der Waals surface area contributed by atoms with Gasteiger partial charge in [-0.05, 0) is 75.1 Å². The topological polar surface area (TPSA) is 128 Å². The molecule has 0 aliphatic rings. The van der Waals surface area contributed by atoms with E-state index in [0.29, 0.717) is 0 Å². The first-order valence-electron chi connectivity index (χ1n) is 19.9. The third-order valence-corrected chi connectivity index (χ3v) is 9.34. The van der Waals surface area contributed by atoms with Gasteiger partial charge in [0.15, 0.2) is 5.78 Å². The van der Waals surface area contributed by atoms with Crippen LogP contribution in [-0.2, 0) is 11.2 Å². The van der Waals surface area contributed by atoms with Gasteiger partial charge in [-0.1, -0.05) is 189 Å². The lowest BCUT2D eigenvalue weighted by Crippen LogP contribution is -2.37. The van der Waals surface area contributed by atoms with Gasteiger partial charge >= 0.3 is 0 Å². The Labute approximate surface area is 329 Å². The van der Waals surface area contributed by atoms with E-state index in [2.05, 4.69) is 80.3 Å². The predicted molar refractivity (Wildman–Crippen MR) is 241 cm³/mol. The van der Waals surface area contributed by atoms with Crippen LogP contribution >= 0.6 is 10.7 Å². The number of aliphatic imine (C=N–C) groups is 1. The molecule has 0 aliphatic carbocycles. The number of Topliss-reactive ketones (excluding diaryl/α,β-unsaturated/α-hetero) is 1. The Hall–Kier alpha value is -3.26. The van der Waals surface area contributed by atoms with E-state index in [1.54, 1.807) is 20.0 Å². The maximum absolute atomic E-state index is 11.3. The van der Waals surface area contributed by atoms with Crippen LogP contribution in [0, 0.1) is 6.92 Å². The van der Waals surface area contributed by atoms with E-state index in [4.69, 9.17) is 21.7 Å². The van der Waals surface area contributed by atoms with Crippen molar-refractivity contribution in [3.8, 4) is 0 Å². The molecule has 0 saturated heterocycles. The fraction of sp³-hybridized carbons (Fsp3) is 0.543. The highest BCUT2D eigenvalue weighted by molar-refractivity contribution is 8.12. The number of carbonyl (C=O) groups excluding carboxylic acids is 1. The Bertz CT molecular complexity index is 1250. The molecule has 2 rings (SSSR count). The molecule has 0 saturated carbocycles. The lowest BCUT2D eigenvalue weighted by atomic mass is 10.0. The maximum Gasteiger partial charge on any atom is 0.152 e. The SMILES string of the molecule is C/C=C/N.C=CC(=C)O.C=S(N)c1cc(Cc2ccccc2)ccc1C.CC.CCCCCCCCCCCCCCCCCC(=NC)C(N)C(C)=O. The Balaban J connectivity index is -0.000000761. The van der Waals surface area contributed by atoms with E-state index >= 15 is 0 Å². The van der Waals surface area contributed by atoms with Gasteiger partial charge in [-0.2, -0.15) is 0 Å². The summed E-state index contributed by atoms with van der Waals surface area (Å²) in [6.45, 7) is 18.1. The van der Waals surface area contributed by atoms with Crippen molar-refractivity contribution in [1.82, 2.24) is 0 Å². The fourth-order valence-electron chi connectivity index (χ4n) is 5.19. The van der Waals surface area contributed by atoms with Crippen molar-refractivity contribution in [1.29, 1.82) is 0 Å². The third kappa shape index (κ3) is 34.3. The number of nitrogens with zero attached hydrogens (tertiary/aromatic N) is 1. The van der Waals surface area contributed by atoms with Gasteiger partial charge < -0.3 is 16.6 Å². The molecule has 7 N–H and O–H groups in total. The number of aliphatic hydroxyl groups is 1. The molecule has 302 valence electrons. The number of unbranched alkanes of at least 4 members (excludes halogenated alkanes) is 14. The summed E-state index contributed by atoms with van der Waals surface area (Å²) in [5.41, 5.74) is 15.4. The molecule has 0 aromatic heterocycles. The van der Waals surface area contributed by atoms with Gasteiger partial charge in [0, 0.05) is 17.7 Å². The van der Waals surface area contributed by atoms with E-state index in [-0.39, 0.29) is 11.5 Å². The molecule has 6 nitrogen and oxygen atoms in total. The van der Waals surface area contributed by atoms with Crippen LogP contribution in [0.15, 0.2) is 95.7 Å². The van der Waals surface area contributed by atoms with Gasteiger partial charge in [-0.3, -0.25) is 14.9 Å². The monoisotopic (exact) mass is 753 g/mol. The molecule has 2 aromatic carbocycles. The summed E-state index contributed by atoms with van der Waals surface area (Å²) in [7, 11) is 1.33. The van der Waals surface area contributed by atoms with Crippen molar-refractivity contribution in [2.75, 3.05) is 7.05 Å². The highest BCUT2D eigenvalue weighted by atomic mass is 32.2. The third-order valence-electron chi connectivity index (χ3n) is 8.33. The standard InChI is InChI=1S/C22H44N2O.C15H17NS.C4H6O.C3H7N.C2H6/c1-4-5-6-7-8-9-10-11-12-13-14-15-16-17-18-19-21(24-3)22(23)20(2)25;1-12-8-9-14(11-15(12)17(2)16)10-13-6-4-3-5-7-13;1-3-4(2)5;1-2-3-4;1-2/h22H,4-19,23H2,1-3H3;3-9,11H,2,10,16H2,1H3;3,5H,1-2H2;2-3H,4H2,1H3;1-2H3/b;;;3-2+;. The average Bonchev–Trinajstić information content (AvgIpc) is 3.17. The predicted octanol–water partition coefficient (Wildman–Crippen LogP) is 12.5. The largest absolute Gasteiger partial charge is 0.509 e. The molecular formula is C46H80N4O2S. The second kappa shape index (κ2) is 39.9. The molecule has 53 heavy (non-hydrogen) atoms. The van der Waals surface area contributed by atoms with E-state index in [9.17, 15) is 4.79 Å². The zero-order chi connectivity index (χ0) is 40.7. The van der Waals surface area contributed by atoms with Gasteiger partial charge in [0.05, 0.1) is 0 Å². The van der Waals surface area contributed by atoms with Crippen LogP contribution in [-0.4, -0.2) is 35.6 Å². The van der Waals surface area contributed by atoms with Crippen molar-refractivity contribution in [2.45, 2.75) is 162 Å². The molecule has 0 bridgehead atoms. The number of allylic oxidation sites excluding steroid dienone is 2. The van der Waals surface area contributed by atoms with E-state index in [1.165, 1.54) is 124 Å². The molecule has 2 aromatic rings. The van der Waals surface area contributed by atoms with Crippen LogP contribution < -0.4 is 16.6 Å². The number of aliphatic hydroxyl groups excluding tert-OH is 1. The number of hydrogen-bond donors (Lipinski definition) is 4. The minimum atomic E-state index is -0.489. The van der Waals surface area contributed by atoms with Gasteiger partial charge in [-0.15, -0.1) is 0 Å². The Morgan fingerprint density at radius 2 is 1.30 bits per heavy atom. The van der Waals surface area contributed by atoms with Gasteiger partial charge in [0.1, 0.15) is 11.8 Å². The average molecular weight is 753 g/mol. The Morgan fingerprint density at radius 3 is 1.66 bits per heavy atom. The number of ketones is 1. The van der Waals surface area contributed by atoms with E-state index in [1.807, 2.05) is 26.8 Å². The summed E-state index contributed by atoms with van der Waals surface area (Å²) < 4.78 is 0. The number of carbonyl (C=O) groups is 1. The molecule has 2 unspecified atom stereocenters. The first-order valence-corrected chi connectivity index (χ1v) is 21.4. The quantitative estimate of drug-likeness (QED) is 0.0313. The highest BCUT2D eigenvalue weighted by Crippen LogP contribution is 2.24. The van der Waals surface area contributed by atoms with Crippen molar-refractivity contribution < 1.29 is 9.90 Å². The van der Waals surface area contributed by atoms with Crippen LogP contribution in [0.3, 0.4) is 0 Å². The normalized spacial score (nSPS) is 11.6. The number of nitrogens with two attached hydrogens (primary N) is 3. The summed E-state index contributed by atoms with van der Waals surface area (Å²) in [4.78, 5) is 16.6. The van der Waals surface area contributed by atoms with Crippen LogP contribution in [0.4, 0.5) is 0 Å². The van der Waals surface area contributed by atoms with Crippen molar-refractivity contribution in [2.24, 2.45) is 21.6 Å². The van der Waals surface area contributed by atoms with Crippen molar-refractivity contribution in [3.05, 3.63) is 102 Å². The molecule has 0 amide bonds. The smallest absolute Gasteiger partial charge is 0.152 e. The second-order valence-electron chi connectivity index (χ2n) is 12.9. The van der Waals surface area contributed by atoms with Crippen molar-refractivity contribution in [3.63, 3.8) is 0 Å². The fourth-order valence-corrected chi connectivity index (χ4v) is 5.97. The molecule has 0 aliphatic heterocycles. The van der Waals surface area contributed by atoms with Crippen LogP contribution in [0.5, 0.6) is 0 Å². The molecule has 0 fully saturated rings. The van der Waals surface area contributed by atoms with Gasteiger partial charge in [0.25, 0.3) is 0 Å².